The number of aliphatic hydroxyl groups excluding tert-OH is 2. The molecule has 0 aromatic carbocycles. The van der Waals surface area contributed by atoms with Gasteiger partial charge in [-0.1, -0.05) is 20.8 Å². The Bertz CT molecular complexity index is 1540. The number of hydrogen-bond donors (Lipinski definition) is 3. The average Bonchev–Trinajstić information content (AvgIpc) is 3.88. The SMILES string of the molecule is CC(=O)O[C@H]1C2C([C@@H]3[C@@H](O)[C@@H]4[C@H]([C@H](C)[C@H]5O[C@]56OC(=O)[C@@](C)(O)[C@]46C)[C@@]3(C)[C@H]1OC(C)=O)[C@@H](O)C(=O)[C@H]1C[C@@H]3O[C@@H]3[C@H](OC(C)=O)[C@]21C. The van der Waals surface area contributed by atoms with Crippen LogP contribution < -0.4 is 0 Å². The quantitative estimate of drug-likeness (QED) is 0.205. The summed E-state index contributed by atoms with van der Waals surface area (Å²) in [6.45, 7) is 12.1. The summed E-state index contributed by atoms with van der Waals surface area (Å²) >= 11 is 0. The highest BCUT2D eigenvalue weighted by Gasteiger charge is 2.93. The molecule has 5 aliphatic carbocycles. The van der Waals surface area contributed by atoms with E-state index < -0.39 is 141 Å². The van der Waals surface area contributed by atoms with Crippen molar-refractivity contribution in [1.82, 2.24) is 0 Å². The van der Waals surface area contributed by atoms with E-state index in [4.69, 9.17) is 28.4 Å². The minimum Gasteiger partial charge on any atom is -0.459 e. The van der Waals surface area contributed by atoms with E-state index in [0.29, 0.717) is 0 Å². The number of ketones is 1. The van der Waals surface area contributed by atoms with Crippen LogP contribution in [0.2, 0.25) is 0 Å². The molecule has 8 aliphatic rings. The molecule has 1 spiro atoms. The van der Waals surface area contributed by atoms with Crippen LogP contribution in [0.3, 0.4) is 0 Å². The fourth-order valence-corrected chi connectivity index (χ4v) is 12.9. The molecule has 0 aromatic heterocycles. The lowest BCUT2D eigenvalue weighted by Crippen LogP contribution is -2.74. The Balaban J connectivity index is 1.38. The van der Waals surface area contributed by atoms with Crippen LogP contribution in [0.15, 0.2) is 0 Å². The maximum Gasteiger partial charge on any atom is 0.341 e. The lowest BCUT2D eigenvalue weighted by atomic mass is 9.41. The topological polar surface area (TPSA) is 208 Å². The molecule has 14 nitrogen and oxygen atoms in total. The molecule has 3 aliphatic heterocycles. The lowest BCUT2D eigenvalue weighted by Gasteiger charge is -2.65. The summed E-state index contributed by atoms with van der Waals surface area (Å²) in [6, 6.07) is 0. The highest BCUT2D eigenvalue weighted by atomic mass is 16.8. The second kappa shape index (κ2) is 9.36. The first-order chi connectivity index (χ1) is 22.2. The minimum absolute atomic E-state index is 0.234. The van der Waals surface area contributed by atoms with Crippen molar-refractivity contribution in [2.75, 3.05) is 0 Å². The zero-order chi connectivity index (χ0) is 35.0. The summed E-state index contributed by atoms with van der Waals surface area (Å²) in [6.07, 6.45) is -7.90. The third kappa shape index (κ3) is 3.39. The van der Waals surface area contributed by atoms with Crippen LogP contribution >= 0.6 is 0 Å². The van der Waals surface area contributed by atoms with Gasteiger partial charge in [-0.05, 0) is 32.1 Å². The molecule has 0 amide bonds. The maximum absolute atomic E-state index is 14.4. The molecule has 5 saturated carbocycles. The Labute approximate surface area is 277 Å². The standard InChI is InChI=1S/C34H44O14/c1-10-17-20(32(7)33(8,42)29(41)48-34(32)26(10)47-34)23(40)18-16-19(25(43-11(2)35)28(31(17,18)6)45-13(4)37)30(5)14(21(38)22(16)39)9-15-24(46-15)27(30)44-12(3)36/h10,14-20,22-28,39-40,42H,9H2,1-8H3/t10-,14+,15-,16?,17-,18+,19?,20-,22+,23+,24-,25-,26+,27-,28-,30-,31+,32-,33+,34-/m0/s1. The molecular formula is C34H44O14. The van der Waals surface area contributed by atoms with Crippen molar-refractivity contribution in [2.45, 2.75) is 122 Å². The molecule has 264 valence electrons. The van der Waals surface area contributed by atoms with Gasteiger partial charge in [0.1, 0.15) is 36.6 Å². The Morgan fingerprint density at radius 1 is 0.833 bits per heavy atom. The van der Waals surface area contributed by atoms with Gasteiger partial charge in [0.2, 0.25) is 5.79 Å². The Hall–Kier alpha value is -2.65. The highest BCUT2D eigenvalue weighted by Crippen LogP contribution is 2.80. The van der Waals surface area contributed by atoms with Gasteiger partial charge in [-0.2, -0.15) is 0 Å². The first kappa shape index (κ1) is 32.5. The molecule has 48 heavy (non-hydrogen) atoms. The van der Waals surface area contributed by atoms with Crippen molar-refractivity contribution in [3.05, 3.63) is 0 Å². The van der Waals surface area contributed by atoms with Gasteiger partial charge in [-0.25, -0.2) is 4.79 Å². The van der Waals surface area contributed by atoms with Crippen LogP contribution in [0.1, 0.15) is 61.8 Å². The van der Waals surface area contributed by atoms with Crippen LogP contribution in [0, 0.1) is 57.7 Å². The van der Waals surface area contributed by atoms with Gasteiger partial charge in [0.25, 0.3) is 0 Å². The molecule has 0 radical (unpaired) electrons. The number of epoxide rings is 2. The van der Waals surface area contributed by atoms with Gasteiger partial charge in [0, 0.05) is 61.2 Å². The first-order valence-electron chi connectivity index (χ1n) is 16.9. The fraction of sp³-hybridized carbons (Fsp3) is 0.853. The Morgan fingerprint density at radius 3 is 2.04 bits per heavy atom. The lowest BCUT2D eigenvalue weighted by molar-refractivity contribution is -0.273. The zero-order valence-electron chi connectivity index (χ0n) is 28.2. The van der Waals surface area contributed by atoms with Gasteiger partial charge in [0.05, 0.1) is 17.6 Å². The van der Waals surface area contributed by atoms with Crippen molar-refractivity contribution in [2.24, 2.45) is 57.7 Å². The molecule has 3 heterocycles. The largest absolute Gasteiger partial charge is 0.459 e. The van der Waals surface area contributed by atoms with Crippen LogP contribution in [-0.2, 0) is 52.4 Å². The van der Waals surface area contributed by atoms with Crippen molar-refractivity contribution in [3.8, 4) is 0 Å². The third-order valence-corrected chi connectivity index (χ3v) is 14.7. The third-order valence-electron chi connectivity index (χ3n) is 14.7. The zero-order valence-corrected chi connectivity index (χ0v) is 28.2. The minimum atomic E-state index is -2.11. The number of fused-ring (bicyclic) bond motifs is 9. The number of hydrogen-bond acceptors (Lipinski definition) is 14. The highest BCUT2D eigenvalue weighted by molar-refractivity contribution is 5.88. The Morgan fingerprint density at radius 2 is 1.44 bits per heavy atom. The van der Waals surface area contributed by atoms with Gasteiger partial charge < -0.3 is 43.7 Å². The fourth-order valence-electron chi connectivity index (χ4n) is 12.9. The summed E-state index contributed by atoms with van der Waals surface area (Å²) in [7, 11) is 0. The van der Waals surface area contributed by atoms with E-state index >= 15 is 0 Å². The van der Waals surface area contributed by atoms with Crippen molar-refractivity contribution < 1.29 is 67.7 Å². The summed E-state index contributed by atoms with van der Waals surface area (Å²) in [5, 5.41) is 36.8. The maximum atomic E-state index is 14.4. The summed E-state index contributed by atoms with van der Waals surface area (Å²) in [5.41, 5.74) is -6.23. The first-order valence-corrected chi connectivity index (χ1v) is 16.9. The molecule has 0 bridgehead atoms. The molecule has 3 N–H and O–H groups in total. The molecule has 8 fully saturated rings. The summed E-state index contributed by atoms with van der Waals surface area (Å²) in [4.78, 5) is 66.2. The second-order valence-corrected chi connectivity index (χ2v) is 16.5. The second-order valence-electron chi connectivity index (χ2n) is 16.5. The van der Waals surface area contributed by atoms with Crippen molar-refractivity contribution in [1.29, 1.82) is 0 Å². The monoisotopic (exact) mass is 676 g/mol. The van der Waals surface area contributed by atoms with E-state index in [-0.39, 0.29) is 12.5 Å². The van der Waals surface area contributed by atoms with Gasteiger partial charge in [-0.3, -0.25) is 19.2 Å². The van der Waals surface area contributed by atoms with E-state index in [1.54, 1.807) is 20.8 Å². The van der Waals surface area contributed by atoms with Crippen molar-refractivity contribution >= 4 is 29.7 Å². The van der Waals surface area contributed by atoms with Crippen LogP contribution in [0.4, 0.5) is 0 Å². The van der Waals surface area contributed by atoms with Gasteiger partial charge in [-0.15, -0.1) is 0 Å². The van der Waals surface area contributed by atoms with E-state index in [1.807, 2.05) is 6.92 Å². The number of rotatable bonds is 3. The number of Topliss-reactive ketones (excluding diaryl/α,β-unsaturated/α-hetero) is 1. The number of aliphatic hydroxyl groups is 3. The number of ether oxygens (including phenoxy) is 6. The molecule has 8 rings (SSSR count). The molecule has 14 heteroatoms. The molecule has 0 aromatic rings. The molecule has 3 saturated heterocycles. The van der Waals surface area contributed by atoms with E-state index in [9.17, 15) is 39.3 Å². The molecule has 2 unspecified atom stereocenters. The summed E-state index contributed by atoms with van der Waals surface area (Å²) < 4.78 is 36.1. The smallest absolute Gasteiger partial charge is 0.341 e. The van der Waals surface area contributed by atoms with Crippen LogP contribution in [-0.4, -0.2) is 105 Å². The normalized spacial score (nSPS) is 59.6. The van der Waals surface area contributed by atoms with Crippen molar-refractivity contribution in [3.63, 3.8) is 0 Å². The van der Waals surface area contributed by atoms with E-state index in [1.165, 1.54) is 27.7 Å². The predicted octanol–water partition coefficient (Wildman–Crippen LogP) is 0.0530. The van der Waals surface area contributed by atoms with Gasteiger partial charge >= 0.3 is 23.9 Å². The predicted molar refractivity (Wildman–Crippen MR) is 156 cm³/mol. The number of esters is 4. The summed E-state index contributed by atoms with van der Waals surface area (Å²) in [5.74, 6) is -10.9. The molecular weight excluding hydrogens is 632 g/mol. The van der Waals surface area contributed by atoms with Gasteiger partial charge in [0.15, 0.2) is 11.4 Å². The van der Waals surface area contributed by atoms with Crippen LogP contribution in [0.5, 0.6) is 0 Å². The van der Waals surface area contributed by atoms with Crippen LogP contribution in [0.25, 0.3) is 0 Å². The molecule has 20 atom stereocenters. The number of carbonyl (C=O) groups is 5. The number of carbonyl (C=O) groups excluding carboxylic acids is 5. The van der Waals surface area contributed by atoms with E-state index in [2.05, 4.69) is 0 Å². The Kier molecular flexibility index (Phi) is 6.35. The average molecular weight is 677 g/mol. The van der Waals surface area contributed by atoms with E-state index in [0.717, 1.165) is 0 Å².